The number of rotatable bonds is 4. The van der Waals surface area contributed by atoms with Gasteiger partial charge in [-0.15, -0.1) is 0 Å². The van der Waals surface area contributed by atoms with Gasteiger partial charge in [0.2, 0.25) is 5.91 Å². The fourth-order valence-corrected chi connectivity index (χ4v) is 3.61. The van der Waals surface area contributed by atoms with Gasteiger partial charge in [0.25, 0.3) is 0 Å². The van der Waals surface area contributed by atoms with Crippen LogP contribution in [0, 0.1) is 5.82 Å². The summed E-state index contributed by atoms with van der Waals surface area (Å²) in [6.07, 6.45) is 0. The summed E-state index contributed by atoms with van der Waals surface area (Å²) in [6, 6.07) is 16.0. The first kappa shape index (κ1) is 18.5. The number of hydrogen-bond donors (Lipinski definition) is 0. The minimum atomic E-state index is -0.426. The zero-order chi connectivity index (χ0) is 18.7. The molecule has 1 saturated heterocycles. The summed E-state index contributed by atoms with van der Waals surface area (Å²) in [5.74, 6) is -0.232. The van der Waals surface area contributed by atoms with Crippen LogP contribution in [0.5, 0.6) is 0 Å². The molecule has 1 aliphatic rings. The highest BCUT2D eigenvalue weighted by molar-refractivity contribution is 5.84. The number of amides is 1. The van der Waals surface area contributed by atoms with Crippen molar-refractivity contribution in [3.63, 3.8) is 0 Å². The van der Waals surface area contributed by atoms with E-state index in [1.54, 1.807) is 12.1 Å². The molecule has 0 bridgehead atoms. The Balaban J connectivity index is 1.92. The number of nitrogens with zero attached hydrogens (tertiary/aromatic N) is 3. The maximum Gasteiger partial charge on any atom is 0.245 e. The minimum absolute atomic E-state index is 0.0188. The molecule has 5 heteroatoms. The number of halogens is 1. The Kier molecular flexibility index (Phi) is 5.69. The molecule has 2 aromatic rings. The van der Waals surface area contributed by atoms with Crippen LogP contribution in [0.25, 0.3) is 0 Å². The molecule has 2 aromatic carbocycles. The maximum absolute atomic E-state index is 13.5. The lowest BCUT2D eigenvalue weighted by Crippen LogP contribution is -2.52. The highest BCUT2D eigenvalue weighted by Crippen LogP contribution is 2.30. The number of hydrogen-bond acceptors (Lipinski definition) is 3. The van der Waals surface area contributed by atoms with Crippen molar-refractivity contribution in [2.75, 3.05) is 40.8 Å². The van der Waals surface area contributed by atoms with E-state index in [9.17, 15) is 9.18 Å². The molecule has 3 rings (SSSR count). The Morgan fingerprint density at radius 1 is 1.08 bits per heavy atom. The summed E-state index contributed by atoms with van der Waals surface area (Å²) < 4.78 is 13.3. The average molecular weight is 355 g/mol. The lowest BCUT2D eigenvalue weighted by Gasteiger charge is -2.42. The molecule has 0 N–H and O–H groups in total. The molecule has 4 nitrogen and oxygen atoms in total. The van der Waals surface area contributed by atoms with Crippen LogP contribution >= 0.6 is 0 Å². The third-order valence-electron chi connectivity index (χ3n) is 4.99. The minimum Gasteiger partial charge on any atom is -0.331 e. The largest absolute Gasteiger partial charge is 0.331 e. The molecule has 26 heavy (non-hydrogen) atoms. The van der Waals surface area contributed by atoms with Crippen LogP contribution in [0.2, 0.25) is 0 Å². The van der Waals surface area contributed by atoms with Crippen LogP contribution in [-0.4, -0.2) is 61.4 Å². The third kappa shape index (κ3) is 3.94. The van der Waals surface area contributed by atoms with Crippen molar-refractivity contribution in [3.05, 3.63) is 71.5 Å². The van der Waals surface area contributed by atoms with E-state index < -0.39 is 6.04 Å². The fourth-order valence-electron chi connectivity index (χ4n) is 3.61. The lowest BCUT2D eigenvalue weighted by molar-refractivity contribution is -0.141. The highest BCUT2D eigenvalue weighted by atomic mass is 19.1. The highest BCUT2D eigenvalue weighted by Gasteiger charge is 2.35. The Bertz CT molecular complexity index is 733. The maximum atomic E-state index is 13.5. The molecule has 1 heterocycles. The van der Waals surface area contributed by atoms with E-state index in [-0.39, 0.29) is 17.8 Å². The van der Waals surface area contributed by atoms with Gasteiger partial charge in [-0.1, -0.05) is 42.5 Å². The van der Waals surface area contributed by atoms with Crippen LogP contribution in [-0.2, 0) is 4.79 Å². The van der Waals surface area contributed by atoms with Crippen molar-refractivity contribution < 1.29 is 9.18 Å². The Morgan fingerprint density at radius 2 is 1.73 bits per heavy atom. The lowest BCUT2D eigenvalue weighted by atomic mass is 9.98. The quantitative estimate of drug-likeness (QED) is 0.844. The first-order valence-corrected chi connectivity index (χ1v) is 8.93. The number of carbonyl (C=O) groups excluding carboxylic acids is 1. The number of carbonyl (C=O) groups is 1. The number of piperazine rings is 1. The van der Waals surface area contributed by atoms with Crippen LogP contribution in [0.3, 0.4) is 0 Å². The summed E-state index contributed by atoms with van der Waals surface area (Å²) in [5.41, 5.74) is 1.95. The van der Waals surface area contributed by atoms with Gasteiger partial charge in [0.05, 0.1) is 6.04 Å². The summed E-state index contributed by atoms with van der Waals surface area (Å²) in [7, 11) is 5.86. The van der Waals surface area contributed by atoms with E-state index in [4.69, 9.17) is 0 Å². The molecule has 2 atom stereocenters. The Labute approximate surface area is 154 Å². The fraction of sp³-hybridized carbons (Fsp3) is 0.381. The van der Waals surface area contributed by atoms with Gasteiger partial charge in [-0.2, -0.15) is 0 Å². The van der Waals surface area contributed by atoms with Gasteiger partial charge >= 0.3 is 0 Å². The van der Waals surface area contributed by atoms with E-state index in [1.807, 2.05) is 42.1 Å². The Morgan fingerprint density at radius 3 is 2.35 bits per heavy atom. The second kappa shape index (κ2) is 7.98. The molecule has 1 fully saturated rings. The molecule has 1 amide bonds. The molecule has 138 valence electrons. The van der Waals surface area contributed by atoms with Crippen molar-refractivity contribution in [3.8, 4) is 0 Å². The normalized spacial score (nSPS) is 19.6. The van der Waals surface area contributed by atoms with Gasteiger partial charge in [0, 0.05) is 19.6 Å². The monoisotopic (exact) mass is 355 g/mol. The van der Waals surface area contributed by atoms with E-state index in [2.05, 4.69) is 24.1 Å². The van der Waals surface area contributed by atoms with E-state index in [0.717, 1.165) is 24.2 Å². The van der Waals surface area contributed by atoms with E-state index >= 15 is 0 Å². The van der Waals surface area contributed by atoms with Gasteiger partial charge in [-0.05, 0) is 44.4 Å². The summed E-state index contributed by atoms with van der Waals surface area (Å²) in [5, 5.41) is 0. The molecule has 0 aliphatic carbocycles. The van der Waals surface area contributed by atoms with Crippen molar-refractivity contribution in [2.45, 2.75) is 12.1 Å². The zero-order valence-electron chi connectivity index (χ0n) is 15.6. The number of benzene rings is 2. The van der Waals surface area contributed by atoms with Crippen molar-refractivity contribution >= 4 is 5.91 Å². The van der Waals surface area contributed by atoms with Crippen LogP contribution in [0.4, 0.5) is 4.39 Å². The first-order chi connectivity index (χ1) is 12.5. The molecule has 2 unspecified atom stereocenters. The van der Waals surface area contributed by atoms with Gasteiger partial charge in [-0.25, -0.2) is 4.39 Å². The third-order valence-corrected chi connectivity index (χ3v) is 4.99. The van der Waals surface area contributed by atoms with Crippen LogP contribution < -0.4 is 0 Å². The predicted molar refractivity (Wildman–Crippen MR) is 101 cm³/mol. The van der Waals surface area contributed by atoms with E-state index in [0.29, 0.717) is 6.54 Å². The molecule has 0 radical (unpaired) electrons. The molecule has 0 spiro atoms. The molecule has 0 saturated carbocycles. The van der Waals surface area contributed by atoms with Crippen molar-refractivity contribution in [1.82, 2.24) is 14.7 Å². The van der Waals surface area contributed by atoms with Gasteiger partial charge < -0.3 is 9.80 Å². The topological polar surface area (TPSA) is 26.8 Å². The van der Waals surface area contributed by atoms with Crippen LogP contribution in [0.1, 0.15) is 23.2 Å². The molecular formula is C21H26FN3O. The molecule has 1 aliphatic heterocycles. The Hall–Kier alpha value is -2.24. The zero-order valence-corrected chi connectivity index (χ0v) is 15.6. The second-order valence-electron chi connectivity index (χ2n) is 7.14. The summed E-state index contributed by atoms with van der Waals surface area (Å²) in [4.78, 5) is 19.6. The van der Waals surface area contributed by atoms with Gasteiger partial charge in [0.15, 0.2) is 0 Å². The van der Waals surface area contributed by atoms with Gasteiger partial charge in [0.1, 0.15) is 11.9 Å². The SMILES string of the molecule is CN1CCN(C(=O)C(c2ccc(F)cc2)N(C)C)C(c2ccccc2)C1. The standard InChI is InChI=1S/C21H26FN3O/c1-23(2)20(17-9-11-18(22)12-10-17)21(26)25-14-13-24(3)15-19(25)16-7-5-4-6-8-16/h4-12,19-20H,13-15H2,1-3H3. The smallest absolute Gasteiger partial charge is 0.245 e. The van der Waals surface area contributed by atoms with Crippen molar-refractivity contribution in [1.29, 1.82) is 0 Å². The van der Waals surface area contributed by atoms with Crippen LogP contribution in [0.15, 0.2) is 54.6 Å². The molecule has 0 aromatic heterocycles. The van der Waals surface area contributed by atoms with E-state index in [1.165, 1.54) is 12.1 Å². The summed E-state index contributed by atoms with van der Waals surface area (Å²) in [6.45, 7) is 2.33. The average Bonchev–Trinajstić information content (AvgIpc) is 2.64. The number of likely N-dealkylation sites (N-methyl/N-ethyl adjacent to an activating group) is 2. The van der Waals surface area contributed by atoms with Gasteiger partial charge in [-0.3, -0.25) is 9.69 Å². The predicted octanol–water partition coefficient (Wildman–Crippen LogP) is 2.94. The molecular weight excluding hydrogens is 329 g/mol. The summed E-state index contributed by atoms with van der Waals surface area (Å²) >= 11 is 0. The first-order valence-electron chi connectivity index (χ1n) is 8.93. The second-order valence-corrected chi connectivity index (χ2v) is 7.14. The van der Waals surface area contributed by atoms with Crippen molar-refractivity contribution in [2.24, 2.45) is 0 Å².